The van der Waals surface area contributed by atoms with Crippen LogP contribution in [0.2, 0.25) is 0 Å². The van der Waals surface area contributed by atoms with Crippen LogP contribution in [-0.4, -0.2) is 65.1 Å². The summed E-state index contributed by atoms with van der Waals surface area (Å²) in [6.45, 7) is 4.31. The van der Waals surface area contributed by atoms with Crippen molar-refractivity contribution in [2.45, 2.75) is 11.8 Å². The molecule has 0 spiro atoms. The topological polar surface area (TPSA) is 87.7 Å². The van der Waals surface area contributed by atoms with Crippen molar-refractivity contribution in [3.8, 4) is 0 Å². The van der Waals surface area contributed by atoms with E-state index in [0.717, 1.165) is 0 Å². The van der Waals surface area contributed by atoms with E-state index in [-0.39, 0.29) is 10.8 Å². The van der Waals surface area contributed by atoms with Crippen molar-refractivity contribution >= 4 is 15.9 Å². The number of hydrogen-bond acceptors (Lipinski definition) is 5. The van der Waals surface area contributed by atoms with Crippen molar-refractivity contribution < 1.29 is 17.9 Å². The van der Waals surface area contributed by atoms with E-state index in [1.54, 1.807) is 26.1 Å². The molecule has 2 N–H and O–H groups in total. The fourth-order valence-corrected chi connectivity index (χ4v) is 4.01. The predicted molar refractivity (Wildman–Crippen MR) is 87.0 cm³/mol. The first-order valence-corrected chi connectivity index (χ1v) is 9.02. The molecule has 8 heteroatoms. The highest BCUT2D eigenvalue weighted by Crippen LogP contribution is 2.22. The zero-order valence-electron chi connectivity index (χ0n) is 13.5. The summed E-state index contributed by atoms with van der Waals surface area (Å²) >= 11 is 0. The van der Waals surface area contributed by atoms with Crippen LogP contribution >= 0.6 is 0 Å². The highest BCUT2D eigenvalue weighted by Gasteiger charge is 2.28. The van der Waals surface area contributed by atoms with Crippen LogP contribution in [0.4, 0.5) is 0 Å². The van der Waals surface area contributed by atoms with Crippen LogP contribution in [0.15, 0.2) is 23.1 Å². The molecular formula is C15H23N3O4S. The number of rotatable bonds is 6. The van der Waals surface area contributed by atoms with E-state index in [1.165, 1.54) is 10.4 Å². The van der Waals surface area contributed by atoms with E-state index < -0.39 is 10.0 Å². The van der Waals surface area contributed by atoms with Gasteiger partial charge in [0, 0.05) is 31.7 Å². The molecule has 1 aliphatic rings. The normalized spacial score (nSPS) is 16.3. The van der Waals surface area contributed by atoms with E-state index in [9.17, 15) is 13.2 Å². The van der Waals surface area contributed by atoms with Crippen LogP contribution < -0.4 is 10.6 Å². The number of likely N-dealkylation sites (N-methyl/N-ethyl adjacent to an activating group) is 1. The highest BCUT2D eigenvalue weighted by atomic mass is 32.2. The van der Waals surface area contributed by atoms with Crippen molar-refractivity contribution in [1.29, 1.82) is 0 Å². The van der Waals surface area contributed by atoms with Gasteiger partial charge in [0.1, 0.15) is 0 Å². The maximum absolute atomic E-state index is 12.8. The highest BCUT2D eigenvalue weighted by molar-refractivity contribution is 7.89. The van der Waals surface area contributed by atoms with Gasteiger partial charge in [-0.3, -0.25) is 4.79 Å². The predicted octanol–water partition coefficient (Wildman–Crippen LogP) is -0.0349. The molecule has 2 rings (SSSR count). The number of nitrogens with zero attached hydrogens (tertiary/aromatic N) is 1. The molecule has 1 amide bonds. The Kier molecular flexibility index (Phi) is 6.11. The van der Waals surface area contributed by atoms with E-state index >= 15 is 0 Å². The molecule has 0 saturated carbocycles. The second-order valence-corrected chi connectivity index (χ2v) is 7.26. The quantitative estimate of drug-likeness (QED) is 0.709. The van der Waals surface area contributed by atoms with Crippen LogP contribution in [0.3, 0.4) is 0 Å². The molecule has 0 unspecified atom stereocenters. The minimum absolute atomic E-state index is 0.181. The molecule has 1 fully saturated rings. The third-order valence-corrected chi connectivity index (χ3v) is 5.74. The maximum atomic E-state index is 12.8. The van der Waals surface area contributed by atoms with Gasteiger partial charge in [-0.2, -0.15) is 4.31 Å². The molecule has 1 saturated heterocycles. The van der Waals surface area contributed by atoms with Crippen molar-refractivity contribution in [3.63, 3.8) is 0 Å². The van der Waals surface area contributed by atoms with Gasteiger partial charge in [0.05, 0.1) is 18.1 Å². The van der Waals surface area contributed by atoms with Gasteiger partial charge in [-0.15, -0.1) is 0 Å². The Hall–Kier alpha value is -1.48. The van der Waals surface area contributed by atoms with Crippen LogP contribution in [0, 0.1) is 6.92 Å². The van der Waals surface area contributed by atoms with E-state index in [0.29, 0.717) is 50.5 Å². The smallest absolute Gasteiger partial charge is 0.251 e. The number of nitrogens with one attached hydrogen (secondary N) is 2. The fourth-order valence-electron chi connectivity index (χ4n) is 2.35. The Morgan fingerprint density at radius 1 is 1.26 bits per heavy atom. The van der Waals surface area contributed by atoms with Gasteiger partial charge in [-0.25, -0.2) is 8.42 Å². The van der Waals surface area contributed by atoms with Crippen molar-refractivity contribution in [1.82, 2.24) is 14.9 Å². The molecule has 0 bridgehead atoms. The summed E-state index contributed by atoms with van der Waals surface area (Å²) in [7, 11) is -1.82. The summed E-state index contributed by atoms with van der Waals surface area (Å²) in [4.78, 5) is 12.3. The third-order valence-electron chi connectivity index (χ3n) is 3.70. The Balaban J connectivity index is 2.24. The summed E-state index contributed by atoms with van der Waals surface area (Å²) < 4.78 is 32.1. The number of sulfonamides is 1. The molecule has 1 aromatic rings. The monoisotopic (exact) mass is 341 g/mol. The zero-order chi connectivity index (χ0) is 16.9. The molecule has 0 radical (unpaired) electrons. The lowest BCUT2D eigenvalue weighted by atomic mass is 10.1. The minimum atomic E-state index is -3.61. The van der Waals surface area contributed by atoms with E-state index in [4.69, 9.17) is 4.74 Å². The molecule has 1 heterocycles. The van der Waals surface area contributed by atoms with Gasteiger partial charge >= 0.3 is 0 Å². The first kappa shape index (κ1) is 17.9. The Morgan fingerprint density at radius 2 is 1.96 bits per heavy atom. The number of aryl methyl sites for hydroxylation is 1. The van der Waals surface area contributed by atoms with Crippen molar-refractivity contribution in [2.24, 2.45) is 0 Å². The number of carbonyl (C=O) groups excluding carboxylic acids is 1. The summed E-state index contributed by atoms with van der Waals surface area (Å²) in [5.41, 5.74) is 0.974. The van der Waals surface area contributed by atoms with Crippen LogP contribution in [0.1, 0.15) is 15.9 Å². The Labute approximate surface area is 137 Å². The molecule has 0 aromatic heterocycles. The lowest BCUT2D eigenvalue weighted by Gasteiger charge is -2.26. The van der Waals surface area contributed by atoms with Gasteiger partial charge in [-0.05, 0) is 31.7 Å². The number of hydrogen-bond donors (Lipinski definition) is 2. The average Bonchev–Trinajstić information content (AvgIpc) is 2.56. The maximum Gasteiger partial charge on any atom is 0.251 e. The molecular weight excluding hydrogens is 318 g/mol. The second kappa shape index (κ2) is 7.87. The first-order chi connectivity index (χ1) is 11.0. The Morgan fingerprint density at radius 3 is 2.61 bits per heavy atom. The number of carbonyl (C=O) groups is 1. The van der Waals surface area contributed by atoms with Gasteiger partial charge in [0.15, 0.2) is 0 Å². The van der Waals surface area contributed by atoms with Crippen LogP contribution in [-0.2, 0) is 14.8 Å². The Bertz CT molecular complexity index is 655. The summed E-state index contributed by atoms with van der Waals surface area (Å²) in [6.07, 6.45) is 0. The minimum Gasteiger partial charge on any atom is -0.379 e. The number of amides is 1. The molecule has 7 nitrogen and oxygen atoms in total. The van der Waals surface area contributed by atoms with Gasteiger partial charge < -0.3 is 15.4 Å². The average molecular weight is 341 g/mol. The number of morpholine rings is 1. The van der Waals surface area contributed by atoms with Gasteiger partial charge in [0.25, 0.3) is 5.91 Å². The van der Waals surface area contributed by atoms with Crippen LogP contribution in [0.5, 0.6) is 0 Å². The molecule has 1 aliphatic heterocycles. The largest absolute Gasteiger partial charge is 0.379 e. The number of benzene rings is 1. The second-order valence-electron chi connectivity index (χ2n) is 5.36. The van der Waals surface area contributed by atoms with E-state index in [1.807, 2.05) is 0 Å². The van der Waals surface area contributed by atoms with Crippen molar-refractivity contribution in [3.05, 3.63) is 29.3 Å². The molecule has 0 aliphatic carbocycles. The molecule has 23 heavy (non-hydrogen) atoms. The first-order valence-electron chi connectivity index (χ1n) is 7.58. The molecule has 1 aromatic carbocycles. The lowest BCUT2D eigenvalue weighted by Crippen LogP contribution is -2.41. The molecule has 128 valence electrons. The van der Waals surface area contributed by atoms with E-state index in [2.05, 4.69) is 10.6 Å². The third kappa shape index (κ3) is 4.29. The summed E-state index contributed by atoms with van der Waals surface area (Å²) in [6, 6.07) is 4.76. The standard InChI is InChI=1S/C15H23N3O4S/c1-12-3-4-13(15(19)17-6-5-16-2)11-14(12)23(20,21)18-7-9-22-10-8-18/h3-4,11,16H,5-10H2,1-2H3,(H,17,19). The summed E-state index contributed by atoms with van der Waals surface area (Å²) in [5, 5.41) is 5.68. The lowest BCUT2D eigenvalue weighted by molar-refractivity contribution is 0.0730. The SMILES string of the molecule is CNCCNC(=O)c1ccc(C)c(S(=O)(=O)N2CCOCC2)c1. The van der Waals surface area contributed by atoms with Crippen LogP contribution in [0.25, 0.3) is 0 Å². The van der Waals surface area contributed by atoms with Crippen molar-refractivity contribution in [2.75, 3.05) is 46.4 Å². The molecule has 0 atom stereocenters. The van der Waals surface area contributed by atoms with Gasteiger partial charge in [0.2, 0.25) is 10.0 Å². The zero-order valence-corrected chi connectivity index (χ0v) is 14.3. The number of ether oxygens (including phenoxy) is 1. The van der Waals surface area contributed by atoms with Gasteiger partial charge in [-0.1, -0.05) is 6.07 Å². The summed E-state index contributed by atoms with van der Waals surface area (Å²) in [5.74, 6) is -0.279. The fraction of sp³-hybridized carbons (Fsp3) is 0.533.